The van der Waals surface area contributed by atoms with Crippen LogP contribution in [0.5, 0.6) is 0 Å². The molecule has 2 aromatic carbocycles. The van der Waals surface area contributed by atoms with Gasteiger partial charge in [0.1, 0.15) is 17.2 Å². The summed E-state index contributed by atoms with van der Waals surface area (Å²) in [6.07, 6.45) is 0. The van der Waals surface area contributed by atoms with Gasteiger partial charge in [0.25, 0.3) is 0 Å². The second kappa shape index (κ2) is 4.26. The van der Waals surface area contributed by atoms with Crippen LogP contribution in [0.4, 0.5) is 4.39 Å². The highest BCUT2D eigenvalue weighted by molar-refractivity contribution is 6.35. The molecular formula is C13H7Cl2FN2. The molecule has 1 heterocycles. The lowest BCUT2D eigenvalue weighted by Crippen LogP contribution is -1.85. The van der Waals surface area contributed by atoms with Crippen molar-refractivity contribution in [3.8, 4) is 11.4 Å². The first-order valence-corrected chi connectivity index (χ1v) is 6.00. The smallest absolute Gasteiger partial charge is 0.141 e. The van der Waals surface area contributed by atoms with Gasteiger partial charge < -0.3 is 4.98 Å². The van der Waals surface area contributed by atoms with Crippen LogP contribution in [0.25, 0.3) is 22.4 Å². The number of H-pyrrole nitrogens is 1. The molecule has 0 spiro atoms. The lowest BCUT2D eigenvalue weighted by Gasteiger charge is -1.99. The van der Waals surface area contributed by atoms with Crippen LogP contribution in [-0.4, -0.2) is 9.97 Å². The lowest BCUT2D eigenvalue weighted by atomic mass is 10.2. The summed E-state index contributed by atoms with van der Waals surface area (Å²) in [6, 6.07) is 9.85. The van der Waals surface area contributed by atoms with Crippen molar-refractivity contribution in [2.24, 2.45) is 0 Å². The Kier molecular flexibility index (Phi) is 2.73. The summed E-state index contributed by atoms with van der Waals surface area (Å²) in [5.74, 6) is 0.0185. The summed E-state index contributed by atoms with van der Waals surface area (Å²) in [6.45, 7) is 0. The second-order valence-corrected chi connectivity index (χ2v) is 4.69. The predicted octanol–water partition coefficient (Wildman–Crippen LogP) is 4.68. The van der Waals surface area contributed by atoms with Crippen molar-refractivity contribution in [3.63, 3.8) is 0 Å². The average molecular weight is 281 g/mol. The molecule has 0 saturated heterocycles. The molecule has 0 saturated carbocycles. The van der Waals surface area contributed by atoms with E-state index in [-0.39, 0.29) is 0 Å². The summed E-state index contributed by atoms with van der Waals surface area (Å²) in [4.78, 5) is 7.34. The van der Waals surface area contributed by atoms with Crippen LogP contribution in [-0.2, 0) is 0 Å². The fourth-order valence-corrected chi connectivity index (χ4v) is 2.18. The number of hydrogen-bond donors (Lipinski definition) is 1. The van der Waals surface area contributed by atoms with E-state index in [9.17, 15) is 4.39 Å². The number of hydrogen-bond acceptors (Lipinski definition) is 1. The topological polar surface area (TPSA) is 28.7 Å². The average Bonchev–Trinajstić information content (AvgIpc) is 2.74. The van der Waals surface area contributed by atoms with Gasteiger partial charge in [-0.15, -0.1) is 0 Å². The Balaban J connectivity index is 2.23. The first-order valence-electron chi connectivity index (χ1n) is 5.25. The normalized spacial score (nSPS) is 11.1. The van der Waals surface area contributed by atoms with Crippen LogP contribution in [0.15, 0.2) is 36.4 Å². The fourth-order valence-electron chi connectivity index (χ4n) is 1.81. The molecule has 0 aliphatic rings. The van der Waals surface area contributed by atoms with E-state index < -0.39 is 5.82 Å². The Morgan fingerprint density at radius 1 is 1.11 bits per heavy atom. The zero-order valence-corrected chi connectivity index (χ0v) is 10.6. The highest BCUT2D eigenvalue weighted by atomic mass is 35.5. The molecule has 0 radical (unpaired) electrons. The van der Waals surface area contributed by atoms with E-state index in [1.165, 1.54) is 6.07 Å². The lowest BCUT2D eigenvalue weighted by molar-refractivity contribution is 0.630. The van der Waals surface area contributed by atoms with E-state index in [2.05, 4.69) is 9.97 Å². The van der Waals surface area contributed by atoms with Crippen molar-refractivity contribution >= 4 is 34.2 Å². The van der Waals surface area contributed by atoms with Gasteiger partial charge in [-0.3, -0.25) is 0 Å². The van der Waals surface area contributed by atoms with E-state index in [4.69, 9.17) is 23.2 Å². The van der Waals surface area contributed by atoms with Crippen LogP contribution in [0.3, 0.4) is 0 Å². The van der Waals surface area contributed by atoms with Gasteiger partial charge in [-0.05, 0) is 30.3 Å². The number of imidazole rings is 1. The van der Waals surface area contributed by atoms with Gasteiger partial charge in [-0.1, -0.05) is 29.3 Å². The van der Waals surface area contributed by atoms with Crippen molar-refractivity contribution in [1.82, 2.24) is 9.97 Å². The third kappa shape index (κ3) is 1.85. The minimum atomic E-state index is -0.419. The Hall–Kier alpha value is -1.58. The number of benzene rings is 2. The van der Waals surface area contributed by atoms with Gasteiger partial charge in [-0.2, -0.15) is 0 Å². The van der Waals surface area contributed by atoms with Gasteiger partial charge in [0.15, 0.2) is 0 Å². The number of nitrogens with zero attached hydrogens (tertiary/aromatic N) is 1. The van der Waals surface area contributed by atoms with Crippen LogP contribution in [0.2, 0.25) is 10.0 Å². The molecule has 0 atom stereocenters. The van der Waals surface area contributed by atoms with E-state index in [0.29, 0.717) is 26.9 Å². The quantitative estimate of drug-likeness (QED) is 0.689. The van der Waals surface area contributed by atoms with E-state index in [1.54, 1.807) is 18.2 Å². The molecule has 0 bridgehead atoms. The molecule has 0 amide bonds. The van der Waals surface area contributed by atoms with E-state index >= 15 is 0 Å². The minimum absolute atomic E-state index is 0.352. The van der Waals surface area contributed by atoms with Crippen molar-refractivity contribution in [2.45, 2.75) is 0 Å². The highest BCUT2D eigenvalue weighted by Crippen LogP contribution is 2.28. The summed E-state index contributed by atoms with van der Waals surface area (Å²) < 4.78 is 13.8. The first-order chi connectivity index (χ1) is 8.65. The summed E-state index contributed by atoms with van der Waals surface area (Å²) in [7, 11) is 0. The number of fused-ring (bicyclic) bond motifs is 1. The molecular weight excluding hydrogens is 274 g/mol. The molecule has 0 aliphatic heterocycles. The van der Waals surface area contributed by atoms with Crippen LogP contribution >= 0.6 is 23.2 Å². The van der Waals surface area contributed by atoms with E-state index in [0.717, 1.165) is 5.52 Å². The zero-order chi connectivity index (χ0) is 12.7. The zero-order valence-electron chi connectivity index (χ0n) is 9.05. The molecule has 90 valence electrons. The fraction of sp³-hybridized carbons (Fsp3) is 0. The molecule has 1 aromatic heterocycles. The molecule has 3 rings (SSSR count). The monoisotopic (exact) mass is 280 g/mol. The van der Waals surface area contributed by atoms with E-state index in [1.807, 2.05) is 12.1 Å². The number of nitrogens with one attached hydrogen (secondary N) is 1. The Morgan fingerprint density at radius 3 is 2.67 bits per heavy atom. The van der Waals surface area contributed by atoms with Gasteiger partial charge in [0, 0.05) is 5.02 Å². The van der Waals surface area contributed by atoms with Crippen molar-refractivity contribution in [2.75, 3.05) is 0 Å². The standard InChI is InChI=1S/C13H7Cl2FN2/c14-7-4-5-8(10(16)6-7)13-17-11-3-1-2-9(15)12(11)18-13/h1-6H,(H,17,18). The number of para-hydroxylation sites is 1. The maximum atomic E-state index is 13.8. The van der Waals surface area contributed by atoms with Gasteiger partial charge in [0.05, 0.1) is 16.1 Å². The molecule has 1 N–H and O–H groups in total. The number of aromatic nitrogens is 2. The number of aromatic amines is 1. The Labute approximate surface area is 112 Å². The highest BCUT2D eigenvalue weighted by Gasteiger charge is 2.11. The largest absolute Gasteiger partial charge is 0.338 e. The van der Waals surface area contributed by atoms with Crippen LogP contribution in [0, 0.1) is 5.82 Å². The summed E-state index contributed by atoms with van der Waals surface area (Å²) >= 11 is 11.7. The molecule has 2 nitrogen and oxygen atoms in total. The maximum Gasteiger partial charge on any atom is 0.141 e. The number of halogens is 3. The van der Waals surface area contributed by atoms with Crippen molar-refractivity contribution in [3.05, 3.63) is 52.3 Å². The van der Waals surface area contributed by atoms with Crippen LogP contribution < -0.4 is 0 Å². The summed E-state index contributed by atoms with van der Waals surface area (Å²) in [5, 5.41) is 0.884. The van der Waals surface area contributed by atoms with Crippen molar-refractivity contribution < 1.29 is 4.39 Å². The molecule has 0 unspecified atom stereocenters. The first kappa shape index (κ1) is 11.5. The van der Waals surface area contributed by atoms with Gasteiger partial charge in [0.2, 0.25) is 0 Å². The number of rotatable bonds is 1. The maximum absolute atomic E-state index is 13.8. The van der Waals surface area contributed by atoms with Crippen LogP contribution in [0.1, 0.15) is 0 Å². The minimum Gasteiger partial charge on any atom is -0.338 e. The molecule has 0 aliphatic carbocycles. The molecule has 5 heteroatoms. The molecule has 3 aromatic rings. The van der Waals surface area contributed by atoms with Gasteiger partial charge in [-0.25, -0.2) is 9.37 Å². The third-order valence-electron chi connectivity index (χ3n) is 2.65. The Bertz CT molecular complexity index is 737. The SMILES string of the molecule is Fc1cc(Cl)ccc1-c1nc2c(Cl)cccc2[nH]1. The Morgan fingerprint density at radius 2 is 1.94 bits per heavy atom. The van der Waals surface area contributed by atoms with Crippen molar-refractivity contribution in [1.29, 1.82) is 0 Å². The van der Waals surface area contributed by atoms with Gasteiger partial charge >= 0.3 is 0 Å². The predicted molar refractivity (Wildman–Crippen MR) is 71.5 cm³/mol. The molecule has 0 fully saturated rings. The molecule has 18 heavy (non-hydrogen) atoms. The second-order valence-electron chi connectivity index (χ2n) is 3.85. The third-order valence-corrected chi connectivity index (χ3v) is 3.19. The summed E-state index contributed by atoms with van der Waals surface area (Å²) in [5.41, 5.74) is 1.77.